The summed E-state index contributed by atoms with van der Waals surface area (Å²) in [5.74, 6) is 1.28. The average molecular weight is 506 g/mol. The molecule has 9 heteroatoms. The molecule has 1 saturated heterocycles. The topological polar surface area (TPSA) is 91.1 Å². The van der Waals surface area contributed by atoms with Gasteiger partial charge in [-0.25, -0.2) is 4.98 Å². The summed E-state index contributed by atoms with van der Waals surface area (Å²) in [5, 5.41) is 25.4. The first kappa shape index (κ1) is 24.7. The predicted molar refractivity (Wildman–Crippen MR) is 148 cm³/mol. The van der Waals surface area contributed by atoms with E-state index in [0.717, 1.165) is 75.9 Å². The van der Waals surface area contributed by atoms with Gasteiger partial charge in [-0.2, -0.15) is 10.1 Å². The number of rotatable bonds is 6. The van der Waals surface area contributed by atoms with Crippen molar-refractivity contribution in [3.05, 3.63) is 52.2 Å². The number of piperidine rings is 1. The van der Waals surface area contributed by atoms with Gasteiger partial charge in [-0.15, -0.1) is 11.3 Å². The van der Waals surface area contributed by atoms with E-state index in [2.05, 4.69) is 46.5 Å². The summed E-state index contributed by atoms with van der Waals surface area (Å²) in [6.07, 6.45) is 2.21. The number of thiophene rings is 1. The highest BCUT2D eigenvalue weighted by Crippen LogP contribution is 2.35. The van der Waals surface area contributed by atoms with E-state index >= 15 is 0 Å². The Morgan fingerprint density at radius 1 is 1.08 bits per heavy atom. The minimum Gasteiger partial charge on any atom is -0.386 e. The lowest BCUT2D eigenvalue weighted by molar-refractivity contribution is 0.0786. The zero-order valence-electron chi connectivity index (χ0n) is 21.9. The van der Waals surface area contributed by atoms with Crippen molar-refractivity contribution >= 4 is 44.7 Å². The maximum atomic E-state index is 10.5. The second-order valence-corrected chi connectivity index (χ2v) is 11.3. The summed E-state index contributed by atoms with van der Waals surface area (Å²) in [6, 6.07) is 8.23. The molecule has 4 aromatic rings. The number of likely N-dealkylation sites (tertiary alicyclic amines) is 1. The molecule has 5 rings (SSSR count). The number of benzene rings is 1. The summed E-state index contributed by atoms with van der Waals surface area (Å²) >= 11 is 1.61. The lowest BCUT2D eigenvalue weighted by atomic mass is 9.98. The Bertz CT molecular complexity index is 1390. The summed E-state index contributed by atoms with van der Waals surface area (Å²) in [6.45, 7) is 12.0. The Hall–Kier alpha value is -3.01. The molecule has 0 bridgehead atoms. The maximum absolute atomic E-state index is 10.5. The monoisotopic (exact) mass is 505 g/mol. The van der Waals surface area contributed by atoms with Crippen molar-refractivity contribution in [2.24, 2.45) is 0 Å². The zero-order chi connectivity index (χ0) is 25.6. The Labute approximate surface area is 216 Å². The highest BCUT2D eigenvalue weighted by molar-refractivity contribution is 7.17. The number of nitrogens with zero attached hydrogens (tertiary/aromatic N) is 5. The zero-order valence-corrected chi connectivity index (χ0v) is 22.7. The van der Waals surface area contributed by atoms with Gasteiger partial charge >= 0.3 is 0 Å². The molecule has 0 radical (unpaired) electrons. The highest BCUT2D eigenvalue weighted by atomic mass is 32.1. The van der Waals surface area contributed by atoms with Crippen LogP contribution in [-0.4, -0.2) is 49.9 Å². The van der Waals surface area contributed by atoms with Crippen LogP contribution in [0.5, 0.6) is 0 Å². The largest absolute Gasteiger partial charge is 0.386 e. The molecule has 0 saturated carbocycles. The van der Waals surface area contributed by atoms with Crippen molar-refractivity contribution in [2.45, 2.75) is 59.1 Å². The maximum Gasteiger partial charge on any atom is 0.230 e. The van der Waals surface area contributed by atoms with Crippen LogP contribution >= 0.6 is 11.3 Å². The molecular weight excluding hydrogens is 470 g/mol. The minimum absolute atomic E-state index is 0.416. The summed E-state index contributed by atoms with van der Waals surface area (Å²) < 4.78 is 2.18. The molecule has 0 spiro atoms. The van der Waals surface area contributed by atoms with Crippen molar-refractivity contribution in [2.75, 3.05) is 30.8 Å². The highest BCUT2D eigenvalue weighted by Gasteiger charge is 2.24. The first-order chi connectivity index (χ1) is 17.1. The summed E-state index contributed by atoms with van der Waals surface area (Å²) in [7, 11) is 2.18. The van der Waals surface area contributed by atoms with Crippen LogP contribution in [0.15, 0.2) is 29.6 Å². The van der Waals surface area contributed by atoms with E-state index in [9.17, 15) is 5.11 Å². The SMILES string of the molecule is Cc1nn(C2CCN(C)CC2)c(C)c1Nc1nc(Nc2cccc(C(C)(C)O)c2)c2c(C)csc2n1. The fourth-order valence-corrected chi connectivity index (χ4v) is 5.82. The summed E-state index contributed by atoms with van der Waals surface area (Å²) in [5.41, 5.74) is 4.94. The third kappa shape index (κ3) is 4.83. The van der Waals surface area contributed by atoms with Crippen LogP contribution in [-0.2, 0) is 5.60 Å². The molecule has 36 heavy (non-hydrogen) atoms. The van der Waals surface area contributed by atoms with Gasteiger partial charge in [-0.3, -0.25) is 4.68 Å². The normalized spacial score (nSPS) is 15.5. The van der Waals surface area contributed by atoms with Crippen LogP contribution in [0.3, 0.4) is 0 Å². The molecule has 1 fully saturated rings. The standard InChI is InChI=1S/C27H35N7OS/c1-16-15-36-25-22(16)24(28-20-9-7-8-19(14-20)27(4,5)35)30-26(31-25)29-23-17(2)32-34(18(23)3)21-10-12-33(6)13-11-21/h7-9,14-15,21,35H,10-13H2,1-6H3,(H2,28,29,30,31). The van der Waals surface area contributed by atoms with Gasteiger partial charge in [-0.1, -0.05) is 12.1 Å². The molecule has 0 amide bonds. The lowest BCUT2D eigenvalue weighted by Gasteiger charge is -2.29. The molecule has 0 atom stereocenters. The van der Waals surface area contributed by atoms with E-state index in [0.29, 0.717) is 12.0 Å². The number of anilines is 4. The number of aromatic nitrogens is 4. The Balaban J connectivity index is 1.48. The first-order valence-corrected chi connectivity index (χ1v) is 13.3. The summed E-state index contributed by atoms with van der Waals surface area (Å²) in [4.78, 5) is 13.0. The molecule has 4 heterocycles. The third-order valence-corrected chi connectivity index (χ3v) is 8.04. The van der Waals surface area contributed by atoms with E-state index < -0.39 is 5.60 Å². The molecule has 3 N–H and O–H groups in total. The number of nitrogens with one attached hydrogen (secondary N) is 2. The van der Waals surface area contributed by atoms with Gasteiger partial charge < -0.3 is 20.6 Å². The van der Waals surface area contributed by atoms with Crippen LogP contribution in [0.2, 0.25) is 0 Å². The van der Waals surface area contributed by atoms with Crippen LogP contribution in [0.4, 0.5) is 23.1 Å². The van der Waals surface area contributed by atoms with Crippen molar-refractivity contribution in [3.8, 4) is 0 Å². The van der Waals surface area contributed by atoms with Crippen molar-refractivity contribution in [3.63, 3.8) is 0 Å². The van der Waals surface area contributed by atoms with Gasteiger partial charge in [0.25, 0.3) is 0 Å². The van der Waals surface area contributed by atoms with Gasteiger partial charge in [0.05, 0.1) is 34.1 Å². The fraction of sp³-hybridized carbons (Fsp3) is 0.444. The molecule has 1 aliphatic heterocycles. The molecule has 1 aromatic carbocycles. The quantitative estimate of drug-likeness (QED) is 0.305. The van der Waals surface area contributed by atoms with Gasteiger partial charge in [0, 0.05) is 5.69 Å². The van der Waals surface area contributed by atoms with Gasteiger partial charge in [0.15, 0.2) is 0 Å². The number of hydrogen-bond acceptors (Lipinski definition) is 8. The molecule has 3 aromatic heterocycles. The lowest BCUT2D eigenvalue weighted by Crippen LogP contribution is -2.32. The second kappa shape index (κ2) is 9.46. The number of hydrogen-bond donors (Lipinski definition) is 3. The van der Waals surface area contributed by atoms with Crippen molar-refractivity contribution in [1.29, 1.82) is 0 Å². The molecule has 0 aliphatic carbocycles. The van der Waals surface area contributed by atoms with Crippen molar-refractivity contribution < 1.29 is 5.11 Å². The Morgan fingerprint density at radius 2 is 1.83 bits per heavy atom. The van der Waals surface area contributed by atoms with Crippen LogP contribution in [0.25, 0.3) is 10.2 Å². The van der Waals surface area contributed by atoms with Crippen LogP contribution in [0, 0.1) is 20.8 Å². The van der Waals surface area contributed by atoms with Gasteiger partial charge in [-0.05, 0) is 96.2 Å². The van der Waals surface area contributed by atoms with E-state index in [1.165, 1.54) is 0 Å². The second-order valence-electron chi connectivity index (χ2n) is 10.4. The van der Waals surface area contributed by atoms with Crippen LogP contribution in [0.1, 0.15) is 55.2 Å². The van der Waals surface area contributed by atoms with E-state index in [1.54, 1.807) is 25.2 Å². The molecular formula is C27H35N7OS. The van der Waals surface area contributed by atoms with Crippen molar-refractivity contribution in [1.82, 2.24) is 24.6 Å². The smallest absolute Gasteiger partial charge is 0.230 e. The third-order valence-electron chi connectivity index (χ3n) is 7.05. The average Bonchev–Trinajstić information content (AvgIpc) is 3.34. The van der Waals surface area contributed by atoms with E-state index in [1.807, 2.05) is 31.2 Å². The molecule has 1 aliphatic rings. The van der Waals surface area contributed by atoms with Gasteiger partial charge in [0.2, 0.25) is 5.95 Å². The first-order valence-electron chi connectivity index (χ1n) is 12.5. The Morgan fingerprint density at radius 3 is 2.56 bits per heavy atom. The van der Waals surface area contributed by atoms with Gasteiger partial charge in [0.1, 0.15) is 10.6 Å². The van der Waals surface area contributed by atoms with Crippen LogP contribution < -0.4 is 10.6 Å². The number of aryl methyl sites for hydroxylation is 2. The molecule has 190 valence electrons. The number of fused-ring (bicyclic) bond motifs is 1. The van der Waals surface area contributed by atoms with E-state index in [4.69, 9.17) is 15.1 Å². The fourth-order valence-electron chi connectivity index (χ4n) is 4.90. The number of aliphatic hydroxyl groups is 1. The minimum atomic E-state index is -0.924. The van der Waals surface area contributed by atoms with E-state index in [-0.39, 0.29) is 0 Å². The molecule has 0 unspecified atom stereocenters. The Kier molecular flexibility index (Phi) is 6.48. The predicted octanol–water partition coefficient (Wildman–Crippen LogP) is 5.79. The molecule has 8 nitrogen and oxygen atoms in total.